The number of likely N-dealkylation sites (tertiary alicyclic amines) is 1. The second kappa shape index (κ2) is 10.4. The highest BCUT2D eigenvalue weighted by atomic mass is 16.6. The molecule has 1 N–H and O–H groups in total. The lowest BCUT2D eigenvalue weighted by Gasteiger charge is -2.24. The molecule has 0 unspecified atom stereocenters. The molecule has 172 valence electrons. The molecule has 0 radical (unpaired) electrons. The van der Waals surface area contributed by atoms with Crippen LogP contribution in [-0.4, -0.2) is 42.7 Å². The standard InChI is InChI=1S/C25H32N2O5/c1-25(2,3)32-24(29)27-13-12-20(16-27)23(28)26-15-19-10-11-21(22(14-19)30-4)31-17-18-8-6-5-7-9-18/h5-11,14,20H,12-13,15-17H2,1-4H3,(H,26,28)/t20-/m0/s1. The van der Waals surface area contributed by atoms with Crippen molar-refractivity contribution >= 4 is 12.0 Å². The van der Waals surface area contributed by atoms with E-state index in [0.29, 0.717) is 44.2 Å². The van der Waals surface area contributed by atoms with Crippen molar-refractivity contribution in [2.24, 2.45) is 5.92 Å². The highest BCUT2D eigenvalue weighted by Crippen LogP contribution is 2.29. The summed E-state index contributed by atoms with van der Waals surface area (Å²) in [6.45, 7) is 7.21. The third-order valence-electron chi connectivity index (χ3n) is 5.14. The molecule has 1 fully saturated rings. The van der Waals surface area contributed by atoms with E-state index in [2.05, 4.69) is 5.32 Å². The molecule has 1 heterocycles. The first-order valence-electron chi connectivity index (χ1n) is 10.8. The molecule has 3 rings (SSSR count). The van der Waals surface area contributed by atoms with Crippen LogP contribution in [0.15, 0.2) is 48.5 Å². The van der Waals surface area contributed by atoms with Crippen molar-refractivity contribution in [1.29, 1.82) is 0 Å². The Morgan fingerprint density at radius 3 is 2.50 bits per heavy atom. The first-order chi connectivity index (χ1) is 15.2. The molecule has 2 aromatic rings. The van der Waals surface area contributed by atoms with Crippen LogP contribution >= 0.6 is 0 Å². The Labute approximate surface area is 189 Å². The summed E-state index contributed by atoms with van der Waals surface area (Å²) in [6, 6.07) is 15.5. The van der Waals surface area contributed by atoms with Crippen molar-refractivity contribution in [3.05, 3.63) is 59.7 Å². The molecular weight excluding hydrogens is 408 g/mol. The zero-order valence-electron chi connectivity index (χ0n) is 19.2. The number of amides is 2. The van der Waals surface area contributed by atoms with Gasteiger partial charge in [-0.3, -0.25) is 4.79 Å². The molecule has 0 saturated carbocycles. The monoisotopic (exact) mass is 440 g/mol. The summed E-state index contributed by atoms with van der Waals surface area (Å²) in [5, 5.41) is 2.96. The van der Waals surface area contributed by atoms with Crippen LogP contribution < -0.4 is 14.8 Å². The van der Waals surface area contributed by atoms with Gasteiger partial charge in [-0.05, 0) is 50.5 Å². The van der Waals surface area contributed by atoms with Crippen LogP contribution in [0.3, 0.4) is 0 Å². The average Bonchev–Trinajstić information content (AvgIpc) is 3.26. The van der Waals surface area contributed by atoms with E-state index in [9.17, 15) is 9.59 Å². The summed E-state index contributed by atoms with van der Waals surface area (Å²) in [5.74, 6) is 0.956. The van der Waals surface area contributed by atoms with Gasteiger partial charge in [-0.15, -0.1) is 0 Å². The number of hydrogen-bond donors (Lipinski definition) is 1. The lowest BCUT2D eigenvalue weighted by Crippen LogP contribution is -2.37. The molecule has 1 aliphatic heterocycles. The number of benzene rings is 2. The maximum atomic E-state index is 12.6. The number of carbonyl (C=O) groups excluding carboxylic acids is 2. The van der Waals surface area contributed by atoms with Crippen molar-refractivity contribution in [3.8, 4) is 11.5 Å². The SMILES string of the molecule is COc1cc(CNC(=O)[C@H]2CCN(C(=O)OC(C)(C)C)C2)ccc1OCc1ccccc1. The van der Waals surface area contributed by atoms with Gasteiger partial charge in [0.25, 0.3) is 0 Å². The van der Waals surface area contributed by atoms with E-state index in [1.54, 1.807) is 12.0 Å². The fraction of sp³-hybridized carbons (Fsp3) is 0.440. The Hall–Kier alpha value is -3.22. The number of carbonyl (C=O) groups is 2. The second-order valence-electron chi connectivity index (χ2n) is 8.89. The van der Waals surface area contributed by atoms with Crippen molar-refractivity contribution in [1.82, 2.24) is 10.2 Å². The molecule has 1 aliphatic rings. The zero-order chi connectivity index (χ0) is 23.1. The molecule has 0 aromatic heterocycles. The predicted octanol–water partition coefficient (Wildman–Crippen LogP) is 4.15. The summed E-state index contributed by atoms with van der Waals surface area (Å²) in [7, 11) is 1.59. The Morgan fingerprint density at radius 2 is 1.81 bits per heavy atom. The molecular formula is C25H32N2O5. The Bertz CT molecular complexity index is 924. The summed E-state index contributed by atoms with van der Waals surface area (Å²) in [5.41, 5.74) is 1.43. The van der Waals surface area contributed by atoms with Gasteiger partial charge in [-0.2, -0.15) is 0 Å². The van der Waals surface area contributed by atoms with Crippen LogP contribution in [0.1, 0.15) is 38.3 Å². The molecule has 2 aromatic carbocycles. The molecule has 2 amide bonds. The first kappa shape index (κ1) is 23.4. The Balaban J connectivity index is 1.51. The molecule has 0 bridgehead atoms. The van der Waals surface area contributed by atoms with Gasteiger partial charge >= 0.3 is 6.09 Å². The fourth-order valence-corrected chi connectivity index (χ4v) is 3.48. The Morgan fingerprint density at radius 1 is 1.06 bits per heavy atom. The van der Waals surface area contributed by atoms with E-state index >= 15 is 0 Å². The maximum absolute atomic E-state index is 12.6. The second-order valence-corrected chi connectivity index (χ2v) is 8.89. The van der Waals surface area contributed by atoms with Crippen molar-refractivity contribution in [2.75, 3.05) is 20.2 Å². The summed E-state index contributed by atoms with van der Waals surface area (Å²) in [4.78, 5) is 26.4. The topological polar surface area (TPSA) is 77.1 Å². The number of rotatable bonds is 7. The molecule has 32 heavy (non-hydrogen) atoms. The lowest BCUT2D eigenvalue weighted by atomic mass is 10.1. The average molecular weight is 441 g/mol. The largest absolute Gasteiger partial charge is 0.493 e. The van der Waals surface area contributed by atoms with Crippen molar-refractivity contribution in [2.45, 2.75) is 45.9 Å². The predicted molar refractivity (Wildman–Crippen MR) is 122 cm³/mol. The van der Waals surface area contributed by atoms with E-state index in [0.717, 1.165) is 11.1 Å². The van der Waals surface area contributed by atoms with Crippen molar-refractivity contribution < 1.29 is 23.8 Å². The molecule has 1 saturated heterocycles. The van der Waals surface area contributed by atoms with Crippen LogP contribution in [-0.2, 0) is 22.7 Å². The van der Waals surface area contributed by atoms with Gasteiger partial charge < -0.3 is 24.4 Å². The van der Waals surface area contributed by atoms with E-state index < -0.39 is 5.60 Å². The smallest absolute Gasteiger partial charge is 0.410 e. The van der Waals surface area contributed by atoms with Crippen LogP contribution in [0.4, 0.5) is 4.79 Å². The van der Waals surface area contributed by atoms with Crippen LogP contribution in [0.5, 0.6) is 11.5 Å². The molecule has 1 atom stereocenters. The van der Waals surface area contributed by atoms with Gasteiger partial charge in [0.15, 0.2) is 11.5 Å². The van der Waals surface area contributed by atoms with Crippen LogP contribution in [0, 0.1) is 5.92 Å². The first-order valence-corrected chi connectivity index (χ1v) is 10.8. The highest BCUT2D eigenvalue weighted by molar-refractivity contribution is 5.80. The van der Waals surface area contributed by atoms with Gasteiger partial charge in [-0.25, -0.2) is 4.79 Å². The normalized spacial score (nSPS) is 15.9. The molecule has 0 spiro atoms. The lowest BCUT2D eigenvalue weighted by molar-refractivity contribution is -0.124. The Kier molecular flexibility index (Phi) is 7.62. The molecule has 7 nitrogen and oxygen atoms in total. The fourth-order valence-electron chi connectivity index (χ4n) is 3.48. The maximum Gasteiger partial charge on any atom is 0.410 e. The van der Waals surface area contributed by atoms with Gasteiger partial charge in [0.2, 0.25) is 5.91 Å². The third-order valence-corrected chi connectivity index (χ3v) is 5.14. The zero-order valence-corrected chi connectivity index (χ0v) is 19.2. The van der Waals surface area contributed by atoms with Gasteiger partial charge in [0.1, 0.15) is 12.2 Å². The number of hydrogen-bond acceptors (Lipinski definition) is 5. The van der Waals surface area contributed by atoms with E-state index in [1.165, 1.54) is 0 Å². The number of nitrogens with zero attached hydrogens (tertiary/aromatic N) is 1. The van der Waals surface area contributed by atoms with Gasteiger partial charge in [-0.1, -0.05) is 36.4 Å². The minimum atomic E-state index is -0.548. The minimum Gasteiger partial charge on any atom is -0.493 e. The van der Waals surface area contributed by atoms with Gasteiger partial charge in [0, 0.05) is 19.6 Å². The van der Waals surface area contributed by atoms with Crippen LogP contribution in [0.2, 0.25) is 0 Å². The highest BCUT2D eigenvalue weighted by Gasteiger charge is 2.33. The molecule has 0 aliphatic carbocycles. The van der Waals surface area contributed by atoms with E-state index in [1.807, 2.05) is 69.3 Å². The minimum absolute atomic E-state index is 0.0700. The number of nitrogens with one attached hydrogen (secondary N) is 1. The molecule has 7 heteroatoms. The third kappa shape index (κ3) is 6.64. The van der Waals surface area contributed by atoms with E-state index in [-0.39, 0.29) is 17.9 Å². The van der Waals surface area contributed by atoms with Crippen molar-refractivity contribution in [3.63, 3.8) is 0 Å². The van der Waals surface area contributed by atoms with Crippen LogP contribution in [0.25, 0.3) is 0 Å². The number of ether oxygens (including phenoxy) is 3. The van der Waals surface area contributed by atoms with E-state index in [4.69, 9.17) is 14.2 Å². The summed E-state index contributed by atoms with van der Waals surface area (Å²) >= 11 is 0. The quantitative estimate of drug-likeness (QED) is 0.700. The van der Waals surface area contributed by atoms with Gasteiger partial charge in [0.05, 0.1) is 13.0 Å². The number of methoxy groups -OCH3 is 1. The summed E-state index contributed by atoms with van der Waals surface area (Å²) in [6.07, 6.45) is 0.254. The summed E-state index contributed by atoms with van der Waals surface area (Å²) < 4.78 is 16.7.